The van der Waals surface area contributed by atoms with Crippen molar-refractivity contribution in [3.05, 3.63) is 40.1 Å². The summed E-state index contributed by atoms with van der Waals surface area (Å²) in [5.41, 5.74) is 2.65. The maximum Gasteiger partial charge on any atom is 0.225 e. The molecule has 0 radical (unpaired) electrons. The van der Waals surface area contributed by atoms with Gasteiger partial charge in [-0.3, -0.25) is 10.2 Å². The van der Waals surface area contributed by atoms with E-state index in [0.717, 1.165) is 83.2 Å². The monoisotopic (exact) mass is 582 g/mol. The molecule has 194 valence electrons. The maximum atomic E-state index is 12.8. The average Bonchev–Trinajstić information content (AvgIpc) is 3.60. The number of H-pyrrole nitrogens is 1. The number of likely N-dealkylation sites (tertiary alicyclic amines) is 1. The number of rotatable bonds is 6. The van der Waals surface area contributed by atoms with Crippen LogP contribution in [0.3, 0.4) is 0 Å². The van der Waals surface area contributed by atoms with Crippen LogP contribution < -0.4 is 10.2 Å². The fourth-order valence-corrected chi connectivity index (χ4v) is 7.07. The number of aromatic nitrogens is 4. The number of hydrogen-bond donors (Lipinski definition) is 2. The fraction of sp³-hybridized carbons (Fsp3) is 0.481. The molecule has 3 aliphatic rings. The van der Waals surface area contributed by atoms with Crippen LogP contribution in [-0.4, -0.2) is 50.0 Å². The lowest BCUT2D eigenvalue weighted by molar-refractivity contribution is -0.136. The summed E-state index contributed by atoms with van der Waals surface area (Å²) in [5.74, 6) is 2.11. The predicted octanol–water partition coefficient (Wildman–Crippen LogP) is 5.38. The number of fused-ring (bicyclic) bond motifs is 2. The molecule has 6 rings (SSSR count). The van der Waals surface area contributed by atoms with E-state index in [1.54, 1.807) is 6.33 Å². The first-order valence-corrected chi connectivity index (χ1v) is 14.8. The van der Waals surface area contributed by atoms with E-state index in [0.29, 0.717) is 23.9 Å². The highest BCUT2D eigenvalue weighted by Crippen LogP contribution is 2.38. The van der Waals surface area contributed by atoms with E-state index >= 15 is 0 Å². The van der Waals surface area contributed by atoms with Crippen molar-refractivity contribution in [3.63, 3.8) is 0 Å². The quantitative estimate of drug-likeness (QED) is 0.406. The number of ether oxygens (including phenoxy) is 1. The van der Waals surface area contributed by atoms with Crippen molar-refractivity contribution in [2.24, 2.45) is 11.8 Å². The molecule has 2 N–H and O–H groups in total. The number of carbonyl (C=O) groups is 1. The van der Waals surface area contributed by atoms with E-state index < -0.39 is 0 Å². The second kappa shape index (κ2) is 10.6. The average molecular weight is 584 g/mol. The molecule has 0 spiro atoms. The molecule has 1 aliphatic carbocycles. The molecule has 1 amide bonds. The minimum absolute atomic E-state index is 0.199. The number of imidazole rings is 1. The van der Waals surface area contributed by atoms with Gasteiger partial charge in [0.2, 0.25) is 5.91 Å². The van der Waals surface area contributed by atoms with E-state index in [1.807, 2.05) is 12.1 Å². The fourth-order valence-electron chi connectivity index (χ4n) is 5.67. The SMILES string of the molecule is N=c1ncn(CCC2CCN(C(=O)C3CCCC3)CC2)c2nc(Sc3cc4c(cc3Br)OCC=C4)[nH]c12. The Balaban J connectivity index is 1.13. The van der Waals surface area contributed by atoms with Crippen LogP contribution in [0.15, 0.2) is 39.1 Å². The van der Waals surface area contributed by atoms with Gasteiger partial charge in [0.1, 0.15) is 17.9 Å². The third-order valence-electron chi connectivity index (χ3n) is 7.81. The van der Waals surface area contributed by atoms with Gasteiger partial charge in [0, 0.05) is 40.5 Å². The Kier molecular flexibility index (Phi) is 7.12. The molecule has 2 aromatic heterocycles. The van der Waals surface area contributed by atoms with Crippen molar-refractivity contribution < 1.29 is 9.53 Å². The van der Waals surface area contributed by atoms with Crippen molar-refractivity contribution in [1.82, 2.24) is 24.4 Å². The molecule has 1 aromatic carbocycles. The van der Waals surface area contributed by atoms with E-state index in [1.165, 1.54) is 24.6 Å². The second-order valence-corrected chi connectivity index (χ2v) is 12.1. The molecule has 0 atom stereocenters. The lowest BCUT2D eigenvalue weighted by Crippen LogP contribution is -2.41. The second-order valence-electron chi connectivity index (χ2n) is 10.2. The zero-order chi connectivity index (χ0) is 25.4. The number of aromatic amines is 1. The minimum Gasteiger partial charge on any atom is -0.489 e. The van der Waals surface area contributed by atoms with Crippen LogP contribution in [0.5, 0.6) is 5.75 Å². The zero-order valence-corrected chi connectivity index (χ0v) is 23.1. The molecular weight excluding hydrogens is 552 g/mol. The third-order valence-corrected chi connectivity index (χ3v) is 9.67. The molecule has 1 saturated carbocycles. The molecule has 10 heteroatoms. The number of halogens is 1. The van der Waals surface area contributed by atoms with Gasteiger partial charge in [-0.1, -0.05) is 30.7 Å². The first kappa shape index (κ1) is 24.7. The summed E-state index contributed by atoms with van der Waals surface area (Å²) in [5, 5.41) is 9.03. The first-order valence-electron chi connectivity index (χ1n) is 13.1. The first-order chi connectivity index (χ1) is 18.0. The van der Waals surface area contributed by atoms with Gasteiger partial charge >= 0.3 is 0 Å². The highest BCUT2D eigenvalue weighted by atomic mass is 79.9. The molecule has 1 saturated heterocycles. The number of benzene rings is 1. The Morgan fingerprint density at radius 2 is 2.03 bits per heavy atom. The van der Waals surface area contributed by atoms with Crippen molar-refractivity contribution in [2.45, 2.75) is 61.5 Å². The van der Waals surface area contributed by atoms with Crippen LogP contribution in [0.4, 0.5) is 0 Å². The van der Waals surface area contributed by atoms with Crippen LogP contribution in [0.2, 0.25) is 0 Å². The summed E-state index contributed by atoms with van der Waals surface area (Å²) >= 11 is 5.19. The summed E-state index contributed by atoms with van der Waals surface area (Å²) in [7, 11) is 0. The number of carbonyl (C=O) groups excluding carboxylic acids is 1. The van der Waals surface area contributed by atoms with Gasteiger partial charge < -0.3 is 19.2 Å². The van der Waals surface area contributed by atoms with Crippen LogP contribution in [0.1, 0.15) is 50.5 Å². The maximum absolute atomic E-state index is 12.8. The largest absolute Gasteiger partial charge is 0.489 e. The van der Waals surface area contributed by atoms with Crippen LogP contribution in [-0.2, 0) is 11.3 Å². The summed E-state index contributed by atoms with van der Waals surface area (Å²) in [6.45, 7) is 3.14. The molecule has 3 aromatic rings. The van der Waals surface area contributed by atoms with E-state index in [4.69, 9.17) is 15.1 Å². The molecule has 2 fully saturated rings. The molecule has 4 heterocycles. The van der Waals surface area contributed by atoms with E-state index in [9.17, 15) is 4.79 Å². The Labute approximate surface area is 228 Å². The smallest absolute Gasteiger partial charge is 0.225 e. The zero-order valence-electron chi connectivity index (χ0n) is 20.7. The number of aryl methyl sites for hydroxylation is 1. The van der Waals surface area contributed by atoms with Gasteiger partial charge in [-0.05, 0) is 72.2 Å². The van der Waals surface area contributed by atoms with Crippen molar-refractivity contribution >= 4 is 50.8 Å². The summed E-state index contributed by atoms with van der Waals surface area (Å²) in [6.07, 6.45) is 13.5. The van der Waals surface area contributed by atoms with E-state index in [2.05, 4.69) is 47.5 Å². The van der Waals surface area contributed by atoms with Gasteiger partial charge in [0.05, 0.1) is 6.33 Å². The van der Waals surface area contributed by atoms with Crippen molar-refractivity contribution in [3.8, 4) is 5.75 Å². The third kappa shape index (κ3) is 5.23. The highest BCUT2D eigenvalue weighted by molar-refractivity contribution is 9.10. The minimum atomic E-state index is 0.199. The number of hydrogen-bond acceptors (Lipinski definition) is 6. The highest BCUT2D eigenvalue weighted by Gasteiger charge is 2.30. The molecule has 2 aliphatic heterocycles. The predicted molar refractivity (Wildman–Crippen MR) is 146 cm³/mol. The molecular formula is C27H31BrN6O2S. The van der Waals surface area contributed by atoms with Gasteiger partial charge in [0.25, 0.3) is 0 Å². The summed E-state index contributed by atoms with van der Waals surface area (Å²) in [6, 6.07) is 4.08. The normalized spacial score (nSPS) is 18.4. The number of nitrogens with zero attached hydrogens (tertiary/aromatic N) is 4. The molecule has 0 unspecified atom stereocenters. The van der Waals surface area contributed by atoms with Crippen molar-refractivity contribution in [2.75, 3.05) is 19.7 Å². The summed E-state index contributed by atoms with van der Waals surface area (Å²) in [4.78, 5) is 28.4. The molecule has 0 bridgehead atoms. The van der Waals surface area contributed by atoms with Crippen LogP contribution >= 0.6 is 27.7 Å². The van der Waals surface area contributed by atoms with Gasteiger partial charge in [-0.25, -0.2) is 9.97 Å². The standard InChI is InChI=1S/C27H31BrN6O2S/c28-20-15-21-19(6-3-13-36-21)14-22(20)37-27-31-23-24(29)30-16-34(25(23)32-27)12-9-17-7-10-33(11-8-17)26(35)18-4-1-2-5-18/h3,6,14-18,29H,1-2,4-5,7-13H2,(H,31,32). The Bertz CT molecular complexity index is 1400. The number of nitrogens with one attached hydrogen (secondary N) is 2. The van der Waals surface area contributed by atoms with Gasteiger partial charge in [-0.15, -0.1) is 0 Å². The lowest BCUT2D eigenvalue weighted by atomic mass is 9.92. The van der Waals surface area contributed by atoms with Gasteiger partial charge in [0.15, 0.2) is 16.3 Å². The lowest BCUT2D eigenvalue weighted by Gasteiger charge is -2.33. The Morgan fingerprint density at radius 3 is 2.84 bits per heavy atom. The van der Waals surface area contributed by atoms with Crippen molar-refractivity contribution in [1.29, 1.82) is 5.41 Å². The molecule has 8 nitrogen and oxygen atoms in total. The Hall–Kier alpha value is -2.59. The number of amides is 1. The van der Waals surface area contributed by atoms with Crippen LogP contribution in [0.25, 0.3) is 17.2 Å². The van der Waals surface area contributed by atoms with E-state index in [-0.39, 0.29) is 11.4 Å². The van der Waals surface area contributed by atoms with Crippen LogP contribution in [0, 0.1) is 17.2 Å². The topological polar surface area (TPSA) is 99.9 Å². The summed E-state index contributed by atoms with van der Waals surface area (Å²) < 4.78 is 8.71. The Morgan fingerprint density at radius 1 is 1.22 bits per heavy atom. The molecule has 37 heavy (non-hydrogen) atoms. The van der Waals surface area contributed by atoms with Gasteiger partial charge in [-0.2, -0.15) is 0 Å². The number of piperidine rings is 1.